The third kappa shape index (κ3) is 4.93. The Hall–Kier alpha value is -1.45. The van der Waals surface area contributed by atoms with Crippen LogP contribution in [-0.2, 0) is 9.59 Å². The van der Waals surface area contributed by atoms with Crippen molar-refractivity contribution in [2.75, 3.05) is 6.54 Å². The minimum atomic E-state index is -0.716. The van der Waals surface area contributed by atoms with Gasteiger partial charge in [0, 0.05) is 25.8 Å². The Kier molecular flexibility index (Phi) is 7.74. The summed E-state index contributed by atoms with van der Waals surface area (Å²) >= 11 is 25.1. The van der Waals surface area contributed by atoms with Crippen LogP contribution in [0.5, 0.6) is 0 Å². The van der Waals surface area contributed by atoms with Gasteiger partial charge in [0.1, 0.15) is 6.54 Å². The highest BCUT2D eigenvalue weighted by Crippen LogP contribution is 2.43. The molecule has 0 spiro atoms. The Balaban J connectivity index is 1.71. The predicted molar refractivity (Wildman–Crippen MR) is 137 cm³/mol. The summed E-state index contributed by atoms with van der Waals surface area (Å²) in [5, 5.41) is 2.56. The molecule has 11 heteroatoms. The van der Waals surface area contributed by atoms with Gasteiger partial charge in [0.25, 0.3) is 17.7 Å². The van der Waals surface area contributed by atoms with E-state index in [2.05, 4.69) is 31.9 Å². The van der Waals surface area contributed by atoms with Crippen molar-refractivity contribution in [3.63, 3.8) is 0 Å². The topological polar surface area (TPSA) is 74.8 Å². The van der Waals surface area contributed by atoms with Crippen LogP contribution in [0.1, 0.15) is 33.6 Å². The van der Waals surface area contributed by atoms with Crippen molar-refractivity contribution >= 4 is 90.2 Å². The summed E-state index contributed by atoms with van der Waals surface area (Å²) in [5.74, 6) is -3.35. The number of halogens is 5. The predicted octanol–water partition coefficient (Wildman–Crippen LogP) is 5.81. The van der Waals surface area contributed by atoms with Gasteiger partial charge in [-0.3, -0.25) is 19.2 Å². The average Bonchev–Trinajstić information content (AvgIpc) is 3.03. The summed E-state index contributed by atoms with van der Waals surface area (Å²) in [6.07, 6.45) is 0.864. The number of fused-ring (bicyclic) bond motifs is 1. The lowest BCUT2D eigenvalue weighted by molar-refractivity contribution is -0.154. The van der Waals surface area contributed by atoms with Crippen LogP contribution in [0.15, 0.2) is 42.5 Å². The van der Waals surface area contributed by atoms with E-state index >= 15 is 0 Å². The van der Waals surface area contributed by atoms with Gasteiger partial charge in [0.15, 0.2) is 5.78 Å². The molecule has 0 bridgehead atoms. The van der Waals surface area contributed by atoms with Crippen LogP contribution >= 0.6 is 66.7 Å². The molecule has 1 aliphatic carbocycles. The fourth-order valence-corrected chi connectivity index (χ4v) is 5.85. The molecule has 34 heavy (non-hydrogen) atoms. The number of carbonyl (C=O) groups is 4. The molecule has 3 amide bonds. The molecular weight excluding hydrogens is 634 g/mol. The number of imide groups is 1. The minimum Gasteiger partial charge on any atom is -0.292 e. The van der Waals surface area contributed by atoms with Crippen LogP contribution in [0.25, 0.3) is 0 Å². The minimum absolute atomic E-state index is 0.000345. The lowest BCUT2D eigenvalue weighted by Gasteiger charge is -2.30. The van der Waals surface area contributed by atoms with Crippen molar-refractivity contribution in [1.82, 2.24) is 10.0 Å². The van der Waals surface area contributed by atoms with Crippen LogP contribution in [0.2, 0.25) is 15.1 Å². The first-order chi connectivity index (χ1) is 16.1. The molecular formula is C23H17Br2Cl3N2O4. The van der Waals surface area contributed by atoms with Gasteiger partial charge in [0.2, 0.25) is 0 Å². The third-order valence-electron chi connectivity index (χ3n) is 5.99. The Morgan fingerprint density at radius 3 is 1.91 bits per heavy atom. The van der Waals surface area contributed by atoms with Crippen LogP contribution in [0.4, 0.5) is 0 Å². The number of amides is 3. The number of Topliss-reactive ketones (excluding diaryl/α,β-unsaturated/α-hetero) is 1. The summed E-state index contributed by atoms with van der Waals surface area (Å²) < 4.78 is 0. The highest BCUT2D eigenvalue weighted by Gasteiger charge is 2.54. The number of alkyl halides is 2. The van der Waals surface area contributed by atoms with Gasteiger partial charge < -0.3 is 0 Å². The molecule has 0 N–H and O–H groups in total. The second-order valence-corrected chi connectivity index (χ2v) is 11.7. The monoisotopic (exact) mass is 648 g/mol. The number of benzene rings is 2. The van der Waals surface area contributed by atoms with Gasteiger partial charge in [-0.1, -0.05) is 66.7 Å². The van der Waals surface area contributed by atoms with Gasteiger partial charge >= 0.3 is 0 Å². The van der Waals surface area contributed by atoms with Gasteiger partial charge in [-0.2, -0.15) is 5.01 Å². The van der Waals surface area contributed by atoms with E-state index < -0.39 is 41.9 Å². The molecule has 4 rings (SSSR count). The normalized spacial score (nSPS) is 24.2. The number of hydrazine groups is 1. The van der Waals surface area contributed by atoms with Crippen LogP contribution in [0, 0.1) is 11.8 Å². The van der Waals surface area contributed by atoms with E-state index in [9.17, 15) is 19.2 Å². The van der Waals surface area contributed by atoms with Crippen LogP contribution in [-0.4, -0.2) is 49.7 Å². The molecule has 2 aromatic carbocycles. The Morgan fingerprint density at radius 2 is 1.38 bits per heavy atom. The van der Waals surface area contributed by atoms with E-state index in [1.807, 2.05) is 0 Å². The number of ketones is 1. The van der Waals surface area contributed by atoms with Gasteiger partial charge in [-0.25, -0.2) is 5.01 Å². The average molecular weight is 652 g/mol. The van der Waals surface area contributed by atoms with E-state index in [0.29, 0.717) is 17.9 Å². The smallest absolute Gasteiger partial charge is 0.273 e. The van der Waals surface area contributed by atoms with E-state index in [4.69, 9.17) is 34.8 Å². The zero-order chi connectivity index (χ0) is 24.7. The first-order valence-corrected chi connectivity index (χ1v) is 13.3. The summed E-state index contributed by atoms with van der Waals surface area (Å²) in [6.45, 7) is -0.521. The maximum Gasteiger partial charge on any atom is 0.273 e. The van der Waals surface area contributed by atoms with Crippen molar-refractivity contribution in [2.45, 2.75) is 22.5 Å². The molecule has 1 heterocycles. The number of nitrogens with zero attached hydrogens (tertiary/aromatic N) is 2. The largest absolute Gasteiger partial charge is 0.292 e. The molecule has 4 atom stereocenters. The van der Waals surface area contributed by atoms with E-state index in [0.717, 1.165) is 10.0 Å². The fourth-order valence-electron chi connectivity index (χ4n) is 4.19. The van der Waals surface area contributed by atoms with Crippen molar-refractivity contribution in [2.24, 2.45) is 11.8 Å². The zero-order valence-electron chi connectivity index (χ0n) is 17.4. The highest BCUT2D eigenvalue weighted by molar-refractivity contribution is 9.12. The molecule has 2 aliphatic rings. The van der Waals surface area contributed by atoms with Crippen molar-refractivity contribution in [3.05, 3.63) is 68.7 Å². The van der Waals surface area contributed by atoms with Crippen molar-refractivity contribution < 1.29 is 19.2 Å². The number of carbonyl (C=O) groups excluding carboxylic acids is 4. The quantitative estimate of drug-likeness (QED) is 0.233. The highest BCUT2D eigenvalue weighted by atomic mass is 79.9. The van der Waals surface area contributed by atoms with Gasteiger partial charge in [-0.15, -0.1) is 0 Å². The Morgan fingerprint density at radius 1 is 0.853 bits per heavy atom. The van der Waals surface area contributed by atoms with Crippen molar-refractivity contribution in [1.29, 1.82) is 0 Å². The molecule has 1 saturated heterocycles. The second-order valence-electron chi connectivity index (χ2n) is 8.13. The number of hydrogen-bond acceptors (Lipinski definition) is 4. The molecule has 0 unspecified atom stereocenters. The van der Waals surface area contributed by atoms with E-state index in [1.54, 1.807) is 12.1 Å². The molecule has 2 fully saturated rings. The molecule has 6 nitrogen and oxygen atoms in total. The van der Waals surface area contributed by atoms with E-state index in [-0.39, 0.29) is 30.8 Å². The van der Waals surface area contributed by atoms with E-state index in [1.165, 1.54) is 30.3 Å². The maximum absolute atomic E-state index is 13.5. The molecule has 178 valence electrons. The van der Waals surface area contributed by atoms with Crippen LogP contribution < -0.4 is 0 Å². The molecule has 1 aliphatic heterocycles. The molecule has 2 aromatic rings. The first-order valence-electron chi connectivity index (χ1n) is 10.3. The molecule has 0 radical (unpaired) electrons. The number of rotatable bonds is 5. The van der Waals surface area contributed by atoms with Gasteiger partial charge in [0.05, 0.1) is 21.9 Å². The third-order valence-corrected chi connectivity index (χ3v) is 9.71. The van der Waals surface area contributed by atoms with Crippen molar-refractivity contribution in [3.8, 4) is 0 Å². The number of hydrogen-bond donors (Lipinski definition) is 0. The lowest BCUT2D eigenvalue weighted by atomic mass is 9.81. The summed E-state index contributed by atoms with van der Waals surface area (Å²) in [7, 11) is 0. The second kappa shape index (κ2) is 10.3. The maximum atomic E-state index is 13.5. The Bertz CT molecular complexity index is 1150. The molecule has 1 saturated carbocycles. The fraction of sp³-hybridized carbons (Fsp3) is 0.304. The first kappa shape index (κ1) is 25.6. The zero-order valence-corrected chi connectivity index (χ0v) is 22.8. The molecule has 0 aromatic heterocycles. The lowest BCUT2D eigenvalue weighted by Crippen LogP contribution is -2.52. The van der Waals surface area contributed by atoms with Gasteiger partial charge in [-0.05, 0) is 55.3 Å². The SMILES string of the molecule is O=C(CN(C(=O)c1ccc(Cl)c(Cl)c1)N1C(=O)[C@@H]2C[C@@H](Br)[C@@H](Br)C[C@H]2C1=O)c1ccc(Cl)cc1. The standard InChI is InChI=1S/C23H17Br2Cl3N2O4/c24-16-8-14-15(9-17(16)25)23(34)30(22(14)33)29(10-20(31)11-1-4-13(26)5-2-11)21(32)12-3-6-18(27)19(28)7-12/h1-7,14-17H,8-10H2/t14-,15-,16-,17+/m1/s1. The Labute approximate surface area is 227 Å². The summed E-state index contributed by atoms with van der Waals surface area (Å²) in [6, 6.07) is 10.3. The summed E-state index contributed by atoms with van der Waals surface area (Å²) in [5.41, 5.74) is 0.374. The van der Waals surface area contributed by atoms with Crippen LogP contribution in [0.3, 0.4) is 0 Å². The summed E-state index contributed by atoms with van der Waals surface area (Å²) in [4.78, 5) is 53.3.